The van der Waals surface area contributed by atoms with E-state index in [4.69, 9.17) is 14.5 Å². The Morgan fingerprint density at radius 1 is 0.884 bits per heavy atom. The summed E-state index contributed by atoms with van der Waals surface area (Å²) in [5.74, 6) is 1.47. The zero-order chi connectivity index (χ0) is 30.3. The smallest absolute Gasteiger partial charge is 0.262 e. The fraction of sp³-hybridized carbons (Fsp3) is 0.500. The highest BCUT2D eigenvalue weighted by molar-refractivity contribution is 5.94. The molecule has 11 nitrogen and oxygen atoms in total. The third-order valence-electron chi connectivity index (χ3n) is 8.38. The van der Waals surface area contributed by atoms with Gasteiger partial charge in [0.1, 0.15) is 28.8 Å². The number of aromatic nitrogens is 2. The van der Waals surface area contributed by atoms with Gasteiger partial charge in [0.25, 0.3) is 5.56 Å². The van der Waals surface area contributed by atoms with Crippen molar-refractivity contribution in [2.24, 2.45) is 0 Å². The number of aromatic amines is 1. The third-order valence-corrected chi connectivity index (χ3v) is 8.38. The highest BCUT2D eigenvalue weighted by Crippen LogP contribution is 2.29. The van der Waals surface area contributed by atoms with Crippen LogP contribution in [0.15, 0.2) is 41.2 Å². The number of hydrogen-bond acceptors (Lipinski definition) is 8. The van der Waals surface area contributed by atoms with E-state index in [0.29, 0.717) is 34.8 Å². The molecule has 2 saturated heterocycles. The lowest BCUT2D eigenvalue weighted by atomic mass is 10.1. The first-order valence-corrected chi connectivity index (χ1v) is 15.2. The van der Waals surface area contributed by atoms with Crippen molar-refractivity contribution in [2.75, 3.05) is 64.9 Å². The molecule has 2 amide bonds. The van der Waals surface area contributed by atoms with Crippen molar-refractivity contribution in [3.8, 4) is 22.9 Å². The van der Waals surface area contributed by atoms with E-state index in [-0.39, 0.29) is 23.9 Å². The summed E-state index contributed by atoms with van der Waals surface area (Å²) in [4.78, 5) is 50.9. The quantitative estimate of drug-likeness (QED) is 0.309. The van der Waals surface area contributed by atoms with Crippen LogP contribution in [-0.4, -0.2) is 97.7 Å². The number of amides is 2. The molecule has 3 heterocycles. The number of ether oxygens (including phenoxy) is 2. The highest BCUT2D eigenvalue weighted by atomic mass is 16.5. The standard InChI is InChI=1S/C32H42N6O5/c1-22-32(41)38(21-28(39)33-22)14-8-6-4-5-7-13-36-15-17-37(18-16-36)24-11-9-23(10-12-24)30-34-26-19-25(42-2)20-27(43-3)29(26)31(40)35-30/h9-12,19-20,22H,4-8,13-18,21H2,1-3H3,(H,33,39)(H,34,35,40)/t22-/m0/s1. The fourth-order valence-corrected chi connectivity index (χ4v) is 5.92. The Labute approximate surface area is 252 Å². The minimum absolute atomic E-state index is 0.0238. The molecule has 230 valence electrons. The summed E-state index contributed by atoms with van der Waals surface area (Å²) in [6.45, 7) is 7.71. The molecule has 1 atom stereocenters. The number of benzene rings is 2. The number of methoxy groups -OCH3 is 2. The van der Waals surface area contributed by atoms with Gasteiger partial charge in [-0.3, -0.25) is 19.3 Å². The Morgan fingerprint density at radius 3 is 2.28 bits per heavy atom. The largest absolute Gasteiger partial charge is 0.497 e. The van der Waals surface area contributed by atoms with Gasteiger partial charge in [-0.2, -0.15) is 0 Å². The molecule has 0 unspecified atom stereocenters. The van der Waals surface area contributed by atoms with E-state index in [1.54, 1.807) is 31.1 Å². The molecule has 11 heteroatoms. The number of hydrogen-bond donors (Lipinski definition) is 2. The lowest BCUT2D eigenvalue weighted by Gasteiger charge is -2.36. The molecule has 5 rings (SSSR count). The van der Waals surface area contributed by atoms with E-state index in [1.807, 2.05) is 12.1 Å². The van der Waals surface area contributed by atoms with Gasteiger partial charge in [0.2, 0.25) is 11.8 Å². The van der Waals surface area contributed by atoms with Crippen LogP contribution < -0.4 is 25.2 Å². The van der Waals surface area contributed by atoms with E-state index >= 15 is 0 Å². The molecule has 2 aliphatic heterocycles. The second-order valence-electron chi connectivity index (χ2n) is 11.3. The van der Waals surface area contributed by atoms with Gasteiger partial charge in [-0.05, 0) is 50.6 Å². The molecule has 2 fully saturated rings. The van der Waals surface area contributed by atoms with Crippen LogP contribution in [0.2, 0.25) is 0 Å². The molecule has 2 N–H and O–H groups in total. The number of rotatable bonds is 12. The van der Waals surface area contributed by atoms with E-state index in [1.165, 1.54) is 20.0 Å². The normalized spacial score (nSPS) is 17.8. The van der Waals surface area contributed by atoms with E-state index in [9.17, 15) is 14.4 Å². The average Bonchev–Trinajstić information content (AvgIpc) is 3.02. The van der Waals surface area contributed by atoms with Crippen molar-refractivity contribution < 1.29 is 19.1 Å². The van der Waals surface area contributed by atoms with Gasteiger partial charge in [0.05, 0.1) is 26.3 Å². The topological polar surface area (TPSA) is 120 Å². The van der Waals surface area contributed by atoms with Gasteiger partial charge in [-0.25, -0.2) is 4.98 Å². The summed E-state index contributed by atoms with van der Waals surface area (Å²) in [6.07, 6.45) is 5.52. The van der Waals surface area contributed by atoms with Crippen LogP contribution in [0, 0.1) is 0 Å². The minimum atomic E-state index is -0.406. The number of nitrogens with one attached hydrogen (secondary N) is 2. The lowest BCUT2D eigenvalue weighted by Crippen LogP contribution is -2.56. The van der Waals surface area contributed by atoms with Crippen molar-refractivity contribution in [3.05, 3.63) is 46.8 Å². The van der Waals surface area contributed by atoms with Gasteiger partial charge >= 0.3 is 0 Å². The molecule has 0 aliphatic carbocycles. The van der Waals surface area contributed by atoms with E-state index < -0.39 is 6.04 Å². The number of anilines is 1. The molecule has 2 aromatic carbocycles. The predicted octanol–water partition coefficient (Wildman–Crippen LogP) is 3.03. The van der Waals surface area contributed by atoms with Gasteiger partial charge in [-0.1, -0.05) is 19.3 Å². The maximum Gasteiger partial charge on any atom is 0.262 e. The highest BCUT2D eigenvalue weighted by Gasteiger charge is 2.28. The van der Waals surface area contributed by atoms with Crippen LogP contribution in [-0.2, 0) is 9.59 Å². The number of piperazine rings is 2. The van der Waals surface area contributed by atoms with Crippen LogP contribution in [0.5, 0.6) is 11.5 Å². The SMILES string of the molecule is COc1cc(OC)c2c(=O)[nH]c(-c3ccc(N4CCN(CCCCCCCN5CC(=O)N[C@@H](C)C5=O)CC4)cc3)nc2c1. The Hall–Kier alpha value is -4.12. The van der Waals surface area contributed by atoms with E-state index in [0.717, 1.165) is 63.2 Å². The number of nitrogens with zero attached hydrogens (tertiary/aromatic N) is 4. The molecule has 0 bridgehead atoms. The van der Waals surface area contributed by atoms with Crippen LogP contribution in [0.4, 0.5) is 5.69 Å². The molecule has 2 aliphatic rings. The number of fused-ring (bicyclic) bond motifs is 1. The summed E-state index contributed by atoms with van der Waals surface area (Å²) in [6, 6.07) is 11.2. The summed E-state index contributed by atoms with van der Waals surface area (Å²) in [5.41, 5.74) is 2.27. The maximum absolute atomic E-state index is 12.9. The fourth-order valence-electron chi connectivity index (χ4n) is 5.92. The van der Waals surface area contributed by atoms with Crippen LogP contribution >= 0.6 is 0 Å². The Morgan fingerprint density at radius 2 is 1.58 bits per heavy atom. The molecular formula is C32H42N6O5. The van der Waals surface area contributed by atoms with Gasteiger partial charge in [0, 0.05) is 56.1 Å². The van der Waals surface area contributed by atoms with Crippen molar-refractivity contribution >= 4 is 28.4 Å². The molecule has 0 radical (unpaired) electrons. The van der Waals surface area contributed by atoms with Gasteiger partial charge in [0.15, 0.2) is 0 Å². The second kappa shape index (κ2) is 13.9. The molecular weight excluding hydrogens is 548 g/mol. The number of H-pyrrole nitrogens is 1. The second-order valence-corrected chi connectivity index (χ2v) is 11.3. The minimum Gasteiger partial charge on any atom is -0.497 e. The van der Waals surface area contributed by atoms with Crippen LogP contribution in [0.1, 0.15) is 39.0 Å². The first-order chi connectivity index (χ1) is 20.9. The van der Waals surface area contributed by atoms with Gasteiger partial charge < -0.3 is 29.6 Å². The first-order valence-electron chi connectivity index (χ1n) is 15.2. The van der Waals surface area contributed by atoms with Crippen LogP contribution in [0.3, 0.4) is 0 Å². The van der Waals surface area contributed by atoms with Crippen molar-refractivity contribution in [3.63, 3.8) is 0 Å². The molecule has 3 aromatic rings. The molecule has 0 spiro atoms. The maximum atomic E-state index is 12.9. The first kappa shape index (κ1) is 30.3. The molecule has 43 heavy (non-hydrogen) atoms. The van der Waals surface area contributed by atoms with Crippen molar-refractivity contribution in [1.82, 2.24) is 25.1 Å². The predicted molar refractivity (Wildman–Crippen MR) is 167 cm³/mol. The zero-order valence-corrected chi connectivity index (χ0v) is 25.4. The lowest BCUT2D eigenvalue weighted by molar-refractivity contribution is -0.143. The summed E-state index contributed by atoms with van der Waals surface area (Å²) in [5, 5.41) is 3.09. The average molecular weight is 591 g/mol. The number of carbonyl (C=O) groups excluding carboxylic acids is 2. The Bertz CT molecular complexity index is 1480. The Balaban J connectivity index is 1.05. The summed E-state index contributed by atoms with van der Waals surface area (Å²) >= 11 is 0. The molecule has 1 aromatic heterocycles. The van der Waals surface area contributed by atoms with Crippen molar-refractivity contribution in [2.45, 2.75) is 45.1 Å². The molecule has 0 saturated carbocycles. The third kappa shape index (κ3) is 7.27. The zero-order valence-electron chi connectivity index (χ0n) is 25.4. The van der Waals surface area contributed by atoms with Crippen LogP contribution in [0.25, 0.3) is 22.3 Å². The summed E-state index contributed by atoms with van der Waals surface area (Å²) in [7, 11) is 3.10. The number of unbranched alkanes of at least 4 members (excludes halogenated alkanes) is 4. The van der Waals surface area contributed by atoms with Crippen molar-refractivity contribution in [1.29, 1.82) is 0 Å². The Kier molecular flexibility index (Phi) is 9.81. The van der Waals surface area contributed by atoms with Gasteiger partial charge in [-0.15, -0.1) is 0 Å². The van der Waals surface area contributed by atoms with E-state index in [2.05, 4.69) is 32.2 Å². The summed E-state index contributed by atoms with van der Waals surface area (Å²) < 4.78 is 10.7. The number of carbonyl (C=O) groups is 2. The monoisotopic (exact) mass is 590 g/mol.